The molecule has 1 saturated carbocycles. The average Bonchev–Trinajstić information content (AvgIpc) is 3.37. The van der Waals surface area contributed by atoms with Gasteiger partial charge < -0.3 is 14.8 Å². The Balaban J connectivity index is 1.83. The van der Waals surface area contributed by atoms with Crippen LogP contribution < -0.4 is 14.8 Å². The van der Waals surface area contributed by atoms with Crippen molar-refractivity contribution in [2.75, 3.05) is 0 Å². The summed E-state index contributed by atoms with van der Waals surface area (Å²) in [6.45, 7) is 7.33. The normalized spacial score (nSPS) is 14.6. The van der Waals surface area contributed by atoms with Gasteiger partial charge in [-0.05, 0) is 32.8 Å². The van der Waals surface area contributed by atoms with Gasteiger partial charge >= 0.3 is 0 Å². The molecule has 0 bridgehead atoms. The Morgan fingerprint density at radius 1 is 1.37 bits per heavy atom. The minimum absolute atomic E-state index is 0.179. The first-order valence-corrected chi connectivity index (χ1v) is 9.35. The van der Waals surface area contributed by atoms with E-state index in [1.54, 1.807) is 30.8 Å². The Morgan fingerprint density at radius 2 is 2.04 bits per heavy atom. The zero-order valence-corrected chi connectivity index (χ0v) is 16.9. The van der Waals surface area contributed by atoms with Crippen LogP contribution in [-0.4, -0.2) is 27.8 Å². The standard InChI is InChI=1S/C19H21Cl2N3O3/c1-5-13-10(2)23-24(4)19(13)27-17-9-16(14(20)8-15(17)21)26-11(3)18(25)22-12-6-7-12/h5,8-9,11-12H,1,6-7H2,2-4H3,(H,22,25). The summed E-state index contributed by atoms with van der Waals surface area (Å²) in [7, 11) is 1.76. The summed E-state index contributed by atoms with van der Waals surface area (Å²) >= 11 is 12.5. The molecule has 8 heteroatoms. The van der Waals surface area contributed by atoms with E-state index in [-0.39, 0.29) is 11.9 Å². The van der Waals surface area contributed by atoms with E-state index < -0.39 is 6.10 Å². The predicted octanol–water partition coefficient (Wildman–Crippen LogP) is 4.52. The van der Waals surface area contributed by atoms with Gasteiger partial charge in [-0.1, -0.05) is 35.9 Å². The van der Waals surface area contributed by atoms with Gasteiger partial charge in [0.2, 0.25) is 5.88 Å². The van der Waals surface area contributed by atoms with Crippen LogP contribution in [0.3, 0.4) is 0 Å². The fourth-order valence-corrected chi connectivity index (χ4v) is 3.05. The van der Waals surface area contributed by atoms with Crippen molar-refractivity contribution < 1.29 is 14.3 Å². The number of hydrogen-bond donors (Lipinski definition) is 1. The van der Waals surface area contributed by atoms with E-state index in [1.165, 1.54) is 6.07 Å². The average molecular weight is 410 g/mol. The lowest BCUT2D eigenvalue weighted by molar-refractivity contribution is -0.127. The lowest BCUT2D eigenvalue weighted by Crippen LogP contribution is -2.37. The number of aromatic nitrogens is 2. The van der Waals surface area contributed by atoms with Crippen molar-refractivity contribution in [1.29, 1.82) is 0 Å². The van der Waals surface area contributed by atoms with Crippen LogP contribution in [0.5, 0.6) is 17.4 Å². The Morgan fingerprint density at radius 3 is 2.67 bits per heavy atom. The first-order chi connectivity index (χ1) is 12.8. The molecule has 1 aliphatic carbocycles. The number of ether oxygens (including phenoxy) is 2. The quantitative estimate of drug-likeness (QED) is 0.729. The van der Waals surface area contributed by atoms with Crippen LogP contribution in [0.15, 0.2) is 18.7 Å². The number of nitrogens with one attached hydrogen (secondary N) is 1. The van der Waals surface area contributed by atoms with Crippen molar-refractivity contribution in [1.82, 2.24) is 15.1 Å². The summed E-state index contributed by atoms with van der Waals surface area (Å²) in [4.78, 5) is 12.1. The van der Waals surface area contributed by atoms with Gasteiger partial charge in [0.15, 0.2) is 11.9 Å². The Labute approximate surface area is 168 Å². The summed E-state index contributed by atoms with van der Waals surface area (Å²) in [5.74, 6) is 0.977. The van der Waals surface area contributed by atoms with Crippen LogP contribution in [0.1, 0.15) is 31.0 Å². The van der Waals surface area contributed by atoms with Crippen molar-refractivity contribution in [2.24, 2.45) is 7.05 Å². The van der Waals surface area contributed by atoms with Crippen molar-refractivity contribution in [3.05, 3.63) is 40.0 Å². The Kier molecular flexibility index (Phi) is 5.67. The number of amides is 1. The topological polar surface area (TPSA) is 65.4 Å². The third-order valence-electron chi connectivity index (χ3n) is 4.21. The van der Waals surface area contributed by atoms with Crippen LogP contribution in [0.25, 0.3) is 6.08 Å². The number of aryl methyl sites for hydroxylation is 2. The summed E-state index contributed by atoms with van der Waals surface area (Å²) in [6, 6.07) is 3.35. The van der Waals surface area contributed by atoms with Crippen LogP contribution in [0.2, 0.25) is 10.0 Å². The van der Waals surface area contributed by atoms with Crippen molar-refractivity contribution >= 4 is 35.2 Å². The Bertz CT molecular complexity index is 891. The van der Waals surface area contributed by atoms with E-state index in [9.17, 15) is 4.79 Å². The molecule has 1 amide bonds. The first-order valence-electron chi connectivity index (χ1n) is 8.60. The number of hydrogen-bond acceptors (Lipinski definition) is 4. The molecule has 0 aliphatic heterocycles. The second-order valence-electron chi connectivity index (χ2n) is 6.49. The van der Waals surface area contributed by atoms with Gasteiger partial charge in [0, 0.05) is 19.2 Å². The molecule has 2 aromatic rings. The minimum Gasteiger partial charge on any atom is -0.479 e. The van der Waals surface area contributed by atoms with Gasteiger partial charge in [-0.15, -0.1) is 0 Å². The number of rotatable bonds is 7. The molecule has 27 heavy (non-hydrogen) atoms. The van der Waals surface area contributed by atoms with Gasteiger partial charge in [0.05, 0.1) is 21.3 Å². The number of benzene rings is 1. The number of carbonyl (C=O) groups is 1. The molecule has 1 N–H and O–H groups in total. The van der Waals surface area contributed by atoms with E-state index in [0.29, 0.717) is 27.4 Å². The number of halogens is 2. The van der Waals surface area contributed by atoms with Gasteiger partial charge in [-0.3, -0.25) is 4.79 Å². The molecule has 0 saturated heterocycles. The van der Waals surface area contributed by atoms with Gasteiger partial charge in [-0.25, -0.2) is 4.68 Å². The summed E-state index contributed by atoms with van der Waals surface area (Å²) in [6.07, 6.45) is 2.99. The largest absolute Gasteiger partial charge is 0.479 e. The number of carbonyl (C=O) groups excluding carboxylic acids is 1. The second-order valence-corrected chi connectivity index (χ2v) is 7.30. The molecule has 1 fully saturated rings. The summed E-state index contributed by atoms with van der Waals surface area (Å²) < 4.78 is 13.3. The molecule has 1 unspecified atom stereocenters. The SMILES string of the molecule is C=Cc1c(C)nn(C)c1Oc1cc(OC(C)C(=O)NC2CC2)c(Cl)cc1Cl. The third-order valence-corrected chi connectivity index (χ3v) is 4.80. The highest BCUT2D eigenvalue weighted by Gasteiger charge is 2.27. The molecule has 1 atom stereocenters. The molecule has 3 rings (SSSR count). The molecule has 1 aliphatic rings. The predicted molar refractivity (Wildman–Crippen MR) is 106 cm³/mol. The van der Waals surface area contributed by atoms with E-state index >= 15 is 0 Å². The summed E-state index contributed by atoms with van der Waals surface area (Å²) in [5, 5.41) is 7.83. The molecule has 144 valence electrons. The minimum atomic E-state index is -0.695. The number of nitrogens with zero attached hydrogens (tertiary/aromatic N) is 2. The maximum Gasteiger partial charge on any atom is 0.260 e. The fraction of sp³-hybridized carbons (Fsp3) is 0.368. The highest BCUT2D eigenvalue weighted by molar-refractivity contribution is 6.36. The zero-order chi connectivity index (χ0) is 19.7. The highest BCUT2D eigenvalue weighted by Crippen LogP contribution is 2.39. The highest BCUT2D eigenvalue weighted by atomic mass is 35.5. The maximum atomic E-state index is 12.1. The first kappa shape index (κ1) is 19.6. The second kappa shape index (κ2) is 7.82. The molecule has 6 nitrogen and oxygen atoms in total. The Hall–Kier alpha value is -2.18. The molecule has 1 heterocycles. The van der Waals surface area contributed by atoms with E-state index in [2.05, 4.69) is 17.0 Å². The molecular weight excluding hydrogens is 389 g/mol. The molecule has 0 spiro atoms. The van der Waals surface area contributed by atoms with E-state index in [4.69, 9.17) is 32.7 Å². The fourth-order valence-electron chi connectivity index (χ4n) is 2.58. The molecule has 0 radical (unpaired) electrons. The maximum absolute atomic E-state index is 12.1. The zero-order valence-electron chi connectivity index (χ0n) is 15.4. The van der Waals surface area contributed by atoms with Crippen molar-refractivity contribution in [3.8, 4) is 17.4 Å². The third kappa shape index (κ3) is 4.39. The molecule has 1 aromatic heterocycles. The van der Waals surface area contributed by atoms with E-state index in [1.807, 2.05) is 6.92 Å². The van der Waals surface area contributed by atoms with Gasteiger partial charge in [0.1, 0.15) is 5.75 Å². The van der Waals surface area contributed by atoms with Crippen molar-refractivity contribution in [3.63, 3.8) is 0 Å². The van der Waals surface area contributed by atoms with E-state index in [0.717, 1.165) is 24.1 Å². The van der Waals surface area contributed by atoms with Gasteiger partial charge in [-0.2, -0.15) is 5.10 Å². The monoisotopic (exact) mass is 409 g/mol. The van der Waals surface area contributed by atoms with Crippen LogP contribution in [0.4, 0.5) is 0 Å². The lowest BCUT2D eigenvalue weighted by atomic mass is 10.2. The molecule has 1 aromatic carbocycles. The van der Waals surface area contributed by atoms with Crippen molar-refractivity contribution in [2.45, 2.75) is 38.8 Å². The summed E-state index contributed by atoms with van der Waals surface area (Å²) in [5.41, 5.74) is 1.55. The van der Waals surface area contributed by atoms with Crippen LogP contribution >= 0.6 is 23.2 Å². The van der Waals surface area contributed by atoms with Crippen LogP contribution in [-0.2, 0) is 11.8 Å². The smallest absolute Gasteiger partial charge is 0.260 e. The lowest BCUT2D eigenvalue weighted by Gasteiger charge is -2.17. The molecular formula is C19H21Cl2N3O3. The van der Waals surface area contributed by atoms with Gasteiger partial charge in [0.25, 0.3) is 5.91 Å². The van der Waals surface area contributed by atoms with Crippen LogP contribution in [0, 0.1) is 6.92 Å².